The Kier molecular flexibility index (Phi) is 6.21. The van der Waals surface area contributed by atoms with Gasteiger partial charge in [-0.15, -0.1) is 0 Å². The average Bonchev–Trinajstić information content (AvgIpc) is 2.41. The number of carbonyl (C=O) groups excluding carboxylic acids is 1. The van der Waals surface area contributed by atoms with Gasteiger partial charge in [-0.1, -0.05) is 19.1 Å². The van der Waals surface area contributed by atoms with Crippen LogP contribution < -0.4 is 10.1 Å². The molecule has 1 atom stereocenters. The van der Waals surface area contributed by atoms with Gasteiger partial charge in [-0.2, -0.15) is 13.2 Å². The summed E-state index contributed by atoms with van der Waals surface area (Å²) in [6.07, 6.45) is -4.68. The van der Waals surface area contributed by atoms with Crippen molar-refractivity contribution in [2.75, 3.05) is 13.2 Å². The van der Waals surface area contributed by atoms with Crippen LogP contribution in [0.2, 0.25) is 0 Å². The third-order valence-corrected chi connectivity index (χ3v) is 2.72. The molecule has 122 valence electrons. The number of benzene rings is 1. The van der Waals surface area contributed by atoms with Crippen LogP contribution in [0.15, 0.2) is 24.3 Å². The van der Waals surface area contributed by atoms with Gasteiger partial charge in [-0.05, 0) is 18.1 Å². The minimum absolute atomic E-state index is 0.107. The van der Waals surface area contributed by atoms with E-state index in [1.54, 1.807) is 6.92 Å². The smallest absolute Gasteiger partial charge is 0.419 e. The lowest BCUT2D eigenvalue weighted by atomic mass is 10.1. The van der Waals surface area contributed by atoms with Gasteiger partial charge in [0.1, 0.15) is 5.75 Å². The number of ether oxygens (including phenoxy) is 1. The van der Waals surface area contributed by atoms with E-state index in [-0.39, 0.29) is 18.9 Å². The highest BCUT2D eigenvalue weighted by atomic mass is 19.4. The summed E-state index contributed by atoms with van der Waals surface area (Å²) in [5.74, 6) is -2.32. The van der Waals surface area contributed by atoms with Crippen LogP contribution in [0.25, 0.3) is 0 Å². The number of halogens is 3. The topological polar surface area (TPSA) is 75.6 Å². The molecule has 0 aliphatic carbocycles. The molecule has 22 heavy (non-hydrogen) atoms. The van der Waals surface area contributed by atoms with Gasteiger partial charge in [-0.25, -0.2) is 0 Å². The molecule has 2 N–H and O–H groups in total. The van der Waals surface area contributed by atoms with E-state index >= 15 is 0 Å². The first-order valence-electron chi connectivity index (χ1n) is 6.47. The number of aliphatic carboxylic acids is 1. The molecule has 0 aliphatic rings. The molecule has 8 heteroatoms. The van der Waals surface area contributed by atoms with Gasteiger partial charge >= 0.3 is 12.1 Å². The van der Waals surface area contributed by atoms with Crippen molar-refractivity contribution in [3.8, 4) is 5.75 Å². The zero-order valence-corrected chi connectivity index (χ0v) is 11.8. The quantitative estimate of drug-likeness (QED) is 0.809. The van der Waals surface area contributed by atoms with Gasteiger partial charge in [0.2, 0.25) is 0 Å². The molecule has 0 aliphatic heterocycles. The monoisotopic (exact) mass is 319 g/mol. The second kappa shape index (κ2) is 7.67. The first-order chi connectivity index (χ1) is 10.2. The number of hydrogen-bond acceptors (Lipinski definition) is 3. The second-order valence-electron chi connectivity index (χ2n) is 4.79. The maximum Gasteiger partial charge on any atom is 0.419 e. The molecule has 5 nitrogen and oxygen atoms in total. The molecule has 0 heterocycles. The van der Waals surface area contributed by atoms with Crippen molar-refractivity contribution in [3.63, 3.8) is 0 Å². The highest BCUT2D eigenvalue weighted by Gasteiger charge is 2.34. The largest absolute Gasteiger partial charge is 0.483 e. The van der Waals surface area contributed by atoms with Crippen molar-refractivity contribution in [1.29, 1.82) is 0 Å². The van der Waals surface area contributed by atoms with E-state index in [2.05, 4.69) is 5.32 Å². The number of amides is 1. The summed E-state index contributed by atoms with van der Waals surface area (Å²) in [5.41, 5.74) is -0.956. The van der Waals surface area contributed by atoms with Crippen molar-refractivity contribution < 1.29 is 32.6 Å². The van der Waals surface area contributed by atoms with Crippen molar-refractivity contribution in [2.45, 2.75) is 19.5 Å². The molecule has 0 saturated heterocycles. The Morgan fingerprint density at radius 1 is 1.32 bits per heavy atom. The average molecular weight is 319 g/mol. The molecular formula is C14H16F3NO4. The molecular weight excluding hydrogens is 303 g/mol. The van der Waals surface area contributed by atoms with Crippen molar-refractivity contribution in [3.05, 3.63) is 29.8 Å². The first kappa shape index (κ1) is 17.8. The van der Waals surface area contributed by atoms with E-state index in [0.29, 0.717) is 0 Å². The Bertz CT molecular complexity index is 531. The Morgan fingerprint density at radius 3 is 2.55 bits per heavy atom. The Hall–Kier alpha value is -2.25. The summed E-state index contributed by atoms with van der Waals surface area (Å²) in [4.78, 5) is 22.0. The SMILES string of the molecule is CC(CNC(=O)COc1ccccc1C(F)(F)F)CC(=O)O. The van der Waals surface area contributed by atoms with Gasteiger partial charge in [0.15, 0.2) is 6.61 Å². The van der Waals surface area contributed by atoms with Crippen molar-refractivity contribution in [2.24, 2.45) is 5.92 Å². The molecule has 0 radical (unpaired) electrons. The number of carbonyl (C=O) groups is 2. The number of alkyl halides is 3. The van der Waals surface area contributed by atoms with Gasteiger partial charge in [0, 0.05) is 13.0 Å². The summed E-state index contributed by atoms with van der Waals surface area (Å²) in [6.45, 7) is 1.16. The van der Waals surface area contributed by atoms with Crippen LogP contribution in [-0.4, -0.2) is 30.1 Å². The molecule has 1 aromatic rings. The van der Waals surface area contributed by atoms with E-state index in [9.17, 15) is 22.8 Å². The highest BCUT2D eigenvalue weighted by Crippen LogP contribution is 2.35. The zero-order chi connectivity index (χ0) is 16.8. The van der Waals surface area contributed by atoms with E-state index in [4.69, 9.17) is 9.84 Å². The molecule has 1 amide bonds. The van der Waals surface area contributed by atoms with Crippen LogP contribution in [-0.2, 0) is 15.8 Å². The molecule has 0 bridgehead atoms. The molecule has 0 aromatic heterocycles. The molecule has 1 rings (SSSR count). The fourth-order valence-electron chi connectivity index (χ4n) is 1.68. The fourth-order valence-corrected chi connectivity index (χ4v) is 1.68. The number of carboxylic acids is 1. The predicted octanol–water partition coefficient (Wildman–Crippen LogP) is 2.31. The second-order valence-corrected chi connectivity index (χ2v) is 4.79. The van der Waals surface area contributed by atoms with Gasteiger partial charge in [0.25, 0.3) is 5.91 Å². The number of nitrogens with one attached hydrogen (secondary N) is 1. The summed E-state index contributed by atoms with van der Waals surface area (Å²) in [6, 6.07) is 4.59. The standard InChI is InChI=1S/C14H16F3NO4/c1-9(6-13(20)21)7-18-12(19)8-22-11-5-3-2-4-10(11)14(15,16)17/h2-5,9H,6-8H2,1H3,(H,18,19)(H,20,21). The molecule has 0 spiro atoms. The van der Waals surface area contributed by atoms with Gasteiger partial charge in [-0.3, -0.25) is 9.59 Å². The maximum absolute atomic E-state index is 12.7. The summed E-state index contributed by atoms with van der Waals surface area (Å²) in [5, 5.41) is 11.0. The molecule has 0 fully saturated rings. The summed E-state index contributed by atoms with van der Waals surface area (Å²) in [7, 11) is 0. The van der Waals surface area contributed by atoms with Crippen molar-refractivity contribution in [1.82, 2.24) is 5.32 Å². The Labute approximate surface area is 125 Å². The normalized spacial score (nSPS) is 12.5. The summed E-state index contributed by atoms with van der Waals surface area (Å²) >= 11 is 0. The summed E-state index contributed by atoms with van der Waals surface area (Å²) < 4.78 is 43.0. The number of carboxylic acid groups (broad SMARTS) is 1. The number of rotatable bonds is 7. The van der Waals surface area contributed by atoms with Crippen LogP contribution >= 0.6 is 0 Å². The Morgan fingerprint density at radius 2 is 1.95 bits per heavy atom. The van der Waals surface area contributed by atoms with Gasteiger partial charge in [0.05, 0.1) is 5.56 Å². The highest BCUT2D eigenvalue weighted by molar-refractivity contribution is 5.77. The first-order valence-corrected chi connectivity index (χ1v) is 6.47. The fraction of sp³-hybridized carbons (Fsp3) is 0.429. The van der Waals surface area contributed by atoms with Crippen LogP contribution in [0.4, 0.5) is 13.2 Å². The zero-order valence-electron chi connectivity index (χ0n) is 11.8. The molecule has 1 aromatic carbocycles. The minimum Gasteiger partial charge on any atom is -0.483 e. The maximum atomic E-state index is 12.7. The number of hydrogen-bond donors (Lipinski definition) is 2. The van der Waals surface area contributed by atoms with E-state index in [1.165, 1.54) is 12.1 Å². The lowest BCUT2D eigenvalue weighted by Gasteiger charge is -2.14. The third kappa shape index (κ3) is 6.02. The van der Waals surface area contributed by atoms with Crippen LogP contribution in [0, 0.1) is 5.92 Å². The van der Waals surface area contributed by atoms with E-state index in [0.717, 1.165) is 12.1 Å². The van der Waals surface area contributed by atoms with Crippen LogP contribution in [0.3, 0.4) is 0 Å². The lowest BCUT2D eigenvalue weighted by Crippen LogP contribution is -2.33. The predicted molar refractivity (Wildman–Crippen MR) is 71.4 cm³/mol. The van der Waals surface area contributed by atoms with E-state index in [1.807, 2.05) is 0 Å². The van der Waals surface area contributed by atoms with Crippen LogP contribution in [0.1, 0.15) is 18.9 Å². The Balaban J connectivity index is 2.50. The van der Waals surface area contributed by atoms with Crippen molar-refractivity contribution >= 4 is 11.9 Å². The minimum atomic E-state index is -4.57. The molecule has 1 unspecified atom stereocenters. The lowest BCUT2D eigenvalue weighted by molar-refractivity contribution is -0.139. The molecule has 0 saturated carbocycles. The van der Waals surface area contributed by atoms with Gasteiger partial charge < -0.3 is 15.2 Å². The third-order valence-electron chi connectivity index (χ3n) is 2.72. The van der Waals surface area contributed by atoms with Crippen LogP contribution in [0.5, 0.6) is 5.75 Å². The van der Waals surface area contributed by atoms with E-state index < -0.39 is 36.0 Å². The number of para-hydroxylation sites is 1.